The molecule has 0 amide bonds. The summed E-state index contributed by atoms with van der Waals surface area (Å²) in [5.74, 6) is 2.70. The van der Waals surface area contributed by atoms with E-state index in [1.165, 1.54) is 5.69 Å². The van der Waals surface area contributed by atoms with E-state index in [2.05, 4.69) is 41.6 Å². The van der Waals surface area contributed by atoms with Crippen LogP contribution in [0.3, 0.4) is 0 Å². The molecule has 1 aromatic heterocycles. The highest BCUT2D eigenvalue weighted by Crippen LogP contribution is 2.09. The lowest BCUT2D eigenvalue weighted by molar-refractivity contribution is 0.481. The van der Waals surface area contributed by atoms with E-state index in [0.717, 1.165) is 19.4 Å². The summed E-state index contributed by atoms with van der Waals surface area (Å²) in [6.45, 7) is 7.29. The lowest BCUT2D eigenvalue weighted by atomic mass is 10.1. The molecular formula is C13H21N3. The Balaban J connectivity index is 2.53. The third kappa shape index (κ3) is 3.39. The molecule has 1 atom stereocenters. The van der Waals surface area contributed by atoms with E-state index in [-0.39, 0.29) is 0 Å². The van der Waals surface area contributed by atoms with E-state index in [1.807, 2.05) is 12.5 Å². The molecule has 0 aliphatic rings. The molecule has 3 heteroatoms. The number of nitrogens with zero attached hydrogens (tertiary/aromatic N) is 2. The normalized spacial score (nSPS) is 12.7. The standard InChI is InChI=1S/C13H21N3/c1-5-7-12(6-2)15-9-13-8-14-10-16(13)11(3)4/h1,8,10-12,15H,6-7,9H2,2-4H3. The van der Waals surface area contributed by atoms with Crippen molar-refractivity contribution in [3.8, 4) is 12.3 Å². The van der Waals surface area contributed by atoms with Crippen LogP contribution in [0, 0.1) is 12.3 Å². The Hall–Kier alpha value is -1.27. The van der Waals surface area contributed by atoms with Crippen molar-refractivity contribution in [2.75, 3.05) is 0 Å². The van der Waals surface area contributed by atoms with Gasteiger partial charge in [-0.05, 0) is 20.3 Å². The summed E-state index contributed by atoms with van der Waals surface area (Å²) in [6.07, 6.45) is 11.0. The van der Waals surface area contributed by atoms with Gasteiger partial charge in [0.25, 0.3) is 0 Å². The number of terminal acetylenes is 1. The largest absolute Gasteiger partial charge is 0.331 e. The maximum Gasteiger partial charge on any atom is 0.0951 e. The number of imidazole rings is 1. The van der Waals surface area contributed by atoms with Crippen LogP contribution in [0.1, 0.15) is 45.3 Å². The van der Waals surface area contributed by atoms with Crippen molar-refractivity contribution < 1.29 is 0 Å². The van der Waals surface area contributed by atoms with Crippen LogP contribution in [0.15, 0.2) is 12.5 Å². The molecule has 16 heavy (non-hydrogen) atoms. The Bertz CT molecular complexity index is 346. The van der Waals surface area contributed by atoms with Crippen molar-refractivity contribution in [1.29, 1.82) is 0 Å². The molecule has 0 saturated carbocycles. The van der Waals surface area contributed by atoms with Gasteiger partial charge < -0.3 is 9.88 Å². The average molecular weight is 219 g/mol. The SMILES string of the molecule is C#CCC(CC)NCc1cncn1C(C)C. The van der Waals surface area contributed by atoms with E-state index in [4.69, 9.17) is 6.42 Å². The lowest BCUT2D eigenvalue weighted by Crippen LogP contribution is -2.28. The number of nitrogens with one attached hydrogen (secondary N) is 1. The van der Waals surface area contributed by atoms with Crippen molar-refractivity contribution in [2.24, 2.45) is 0 Å². The highest BCUT2D eigenvalue weighted by molar-refractivity contribution is 5.00. The summed E-state index contributed by atoms with van der Waals surface area (Å²) < 4.78 is 2.18. The van der Waals surface area contributed by atoms with E-state index >= 15 is 0 Å². The second kappa shape index (κ2) is 6.34. The van der Waals surface area contributed by atoms with Gasteiger partial charge in [-0.15, -0.1) is 12.3 Å². The first-order chi connectivity index (χ1) is 7.69. The molecule has 88 valence electrons. The van der Waals surface area contributed by atoms with Gasteiger partial charge in [-0.1, -0.05) is 6.92 Å². The molecule has 0 aliphatic heterocycles. The van der Waals surface area contributed by atoms with Crippen LogP contribution < -0.4 is 5.32 Å². The topological polar surface area (TPSA) is 29.9 Å². The summed E-state index contributed by atoms with van der Waals surface area (Å²) in [5.41, 5.74) is 1.21. The van der Waals surface area contributed by atoms with Gasteiger partial charge in [-0.3, -0.25) is 0 Å². The van der Waals surface area contributed by atoms with E-state index < -0.39 is 0 Å². The first-order valence-corrected chi connectivity index (χ1v) is 5.86. The minimum atomic E-state index is 0.403. The van der Waals surface area contributed by atoms with E-state index in [0.29, 0.717) is 12.1 Å². The van der Waals surface area contributed by atoms with Crippen LogP contribution in [-0.4, -0.2) is 15.6 Å². The predicted molar refractivity (Wildman–Crippen MR) is 67.0 cm³/mol. The summed E-state index contributed by atoms with van der Waals surface area (Å²) in [7, 11) is 0. The maximum absolute atomic E-state index is 5.32. The van der Waals surface area contributed by atoms with Crippen molar-refractivity contribution in [2.45, 2.75) is 52.2 Å². The van der Waals surface area contributed by atoms with Crippen LogP contribution in [0.2, 0.25) is 0 Å². The molecule has 1 unspecified atom stereocenters. The number of hydrogen-bond acceptors (Lipinski definition) is 2. The van der Waals surface area contributed by atoms with Gasteiger partial charge in [0, 0.05) is 31.2 Å². The van der Waals surface area contributed by atoms with Crippen LogP contribution in [0.4, 0.5) is 0 Å². The molecule has 3 nitrogen and oxygen atoms in total. The second-order valence-corrected chi connectivity index (χ2v) is 4.28. The lowest BCUT2D eigenvalue weighted by Gasteiger charge is -2.16. The van der Waals surface area contributed by atoms with Crippen molar-refractivity contribution in [3.05, 3.63) is 18.2 Å². The maximum atomic E-state index is 5.32. The molecule has 1 aromatic rings. The van der Waals surface area contributed by atoms with Gasteiger partial charge in [0.1, 0.15) is 0 Å². The van der Waals surface area contributed by atoms with Crippen LogP contribution >= 0.6 is 0 Å². The van der Waals surface area contributed by atoms with Gasteiger partial charge >= 0.3 is 0 Å². The molecule has 0 spiro atoms. The Morgan fingerprint density at radius 1 is 1.56 bits per heavy atom. The fraction of sp³-hybridized carbons (Fsp3) is 0.615. The van der Waals surface area contributed by atoms with Gasteiger partial charge in [-0.2, -0.15) is 0 Å². The molecule has 1 N–H and O–H groups in total. The summed E-state index contributed by atoms with van der Waals surface area (Å²) in [5, 5.41) is 3.46. The number of aromatic nitrogens is 2. The fourth-order valence-corrected chi connectivity index (χ4v) is 1.69. The fourth-order valence-electron chi connectivity index (χ4n) is 1.69. The number of rotatable bonds is 6. The molecule has 0 fully saturated rings. The van der Waals surface area contributed by atoms with E-state index in [9.17, 15) is 0 Å². The summed E-state index contributed by atoms with van der Waals surface area (Å²) in [4.78, 5) is 4.18. The second-order valence-electron chi connectivity index (χ2n) is 4.28. The minimum Gasteiger partial charge on any atom is -0.331 e. The molecule has 0 radical (unpaired) electrons. The highest BCUT2D eigenvalue weighted by Gasteiger charge is 2.08. The van der Waals surface area contributed by atoms with Crippen molar-refractivity contribution >= 4 is 0 Å². The molecule has 0 bridgehead atoms. The Morgan fingerprint density at radius 3 is 2.88 bits per heavy atom. The molecule has 1 rings (SSSR count). The molecule has 0 saturated heterocycles. The van der Waals surface area contributed by atoms with Gasteiger partial charge in [0.15, 0.2) is 0 Å². The highest BCUT2D eigenvalue weighted by atomic mass is 15.1. The van der Waals surface area contributed by atoms with Crippen LogP contribution in [0.25, 0.3) is 0 Å². The zero-order valence-corrected chi connectivity index (χ0v) is 10.4. The zero-order chi connectivity index (χ0) is 12.0. The van der Waals surface area contributed by atoms with Gasteiger partial charge in [0.2, 0.25) is 0 Å². The first kappa shape index (κ1) is 12.8. The molecule has 0 aromatic carbocycles. The zero-order valence-electron chi connectivity index (χ0n) is 10.4. The third-order valence-electron chi connectivity index (χ3n) is 2.73. The smallest absolute Gasteiger partial charge is 0.0951 e. The third-order valence-corrected chi connectivity index (χ3v) is 2.73. The Kier molecular flexibility index (Phi) is 5.07. The van der Waals surface area contributed by atoms with Crippen LogP contribution in [-0.2, 0) is 6.54 Å². The average Bonchev–Trinajstić information content (AvgIpc) is 2.72. The van der Waals surface area contributed by atoms with Crippen molar-refractivity contribution in [3.63, 3.8) is 0 Å². The molecular weight excluding hydrogens is 198 g/mol. The molecule has 0 aliphatic carbocycles. The minimum absolute atomic E-state index is 0.403. The van der Waals surface area contributed by atoms with Gasteiger partial charge in [0.05, 0.1) is 12.0 Å². The van der Waals surface area contributed by atoms with E-state index in [1.54, 1.807) is 0 Å². The Morgan fingerprint density at radius 2 is 2.31 bits per heavy atom. The molecule has 1 heterocycles. The van der Waals surface area contributed by atoms with Gasteiger partial charge in [-0.25, -0.2) is 4.98 Å². The summed E-state index contributed by atoms with van der Waals surface area (Å²) in [6, 6.07) is 0.854. The van der Waals surface area contributed by atoms with Crippen molar-refractivity contribution in [1.82, 2.24) is 14.9 Å². The number of hydrogen-bond donors (Lipinski definition) is 1. The Labute approximate surface area is 98.3 Å². The first-order valence-electron chi connectivity index (χ1n) is 5.86. The predicted octanol–water partition coefficient (Wildman–Crippen LogP) is 2.36. The quantitative estimate of drug-likeness (QED) is 0.744. The monoisotopic (exact) mass is 219 g/mol. The van der Waals surface area contributed by atoms with Crippen LogP contribution in [0.5, 0.6) is 0 Å². The summed E-state index contributed by atoms with van der Waals surface area (Å²) >= 11 is 0.